The van der Waals surface area contributed by atoms with Gasteiger partial charge in [0.15, 0.2) is 11.4 Å². The molecule has 0 saturated carbocycles. The van der Waals surface area contributed by atoms with E-state index in [0.29, 0.717) is 29.0 Å². The van der Waals surface area contributed by atoms with Crippen LogP contribution in [0, 0.1) is 5.21 Å². The number of aromatic hydroxyl groups is 1. The second-order valence-corrected chi connectivity index (χ2v) is 6.90. The van der Waals surface area contributed by atoms with Crippen molar-refractivity contribution in [2.24, 2.45) is 0 Å². The largest absolute Gasteiger partial charge is 0.595 e. The predicted octanol–water partition coefficient (Wildman–Crippen LogP) is 2.64. The lowest BCUT2D eigenvalue weighted by Crippen LogP contribution is -2.99. The first-order chi connectivity index (χ1) is 13.4. The van der Waals surface area contributed by atoms with Gasteiger partial charge in [0.05, 0.1) is 11.1 Å². The number of nitrogens with one attached hydrogen (secondary N) is 1. The summed E-state index contributed by atoms with van der Waals surface area (Å²) in [5.74, 6) is 0.284. The molecule has 3 rings (SSSR count). The number of carbonyl (C=O) groups excluding carboxylic acids is 1. The molecule has 0 saturated heterocycles. The SMILES string of the molecule is CCCCN(C)Cc1c(O)ccc2c1OC(=Cc1cccc([NH+]([O-])O)c1)C2=O. The number of fused-ring (bicyclic) bond motifs is 1. The van der Waals surface area contributed by atoms with E-state index in [2.05, 4.69) is 11.8 Å². The third-order valence-electron chi connectivity index (χ3n) is 4.67. The number of hydrogen-bond donors (Lipinski definition) is 3. The van der Waals surface area contributed by atoms with Crippen LogP contribution in [0.25, 0.3) is 6.08 Å². The Labute approximate surface area is 163 Å². The number of phenols is 1. The van der Waals surface area contributed by atoms with Gasteiger partial charge in [0, 0.05) is 18.7 Å². The first-order valence-electron chi connectivity index (χ1n) is 9.21. The number of ether oxygens (including phenoxy) is 1. The Bertz CT molecular complexity index is 908. The third kappa shape index (κ3) is 4.23. The summed E-state index contributed by atoms with van der Waals surface area (Å²) in [5, 5.41) is 29.5. The molecule has 1 aliphatic rings. The van der Waals surface area contributed by atoms with Gasteiger partial charge in [-0.15, -0.1) is 0 Å². The molecule has 0 spiro atoms. The van der Waals surface area contributed by atoms with Crippen molar-refractivity contribution in [2.75, 3.05) is 13.6 Å². The number of unbranched alkanes of at least 4 members (excludes halogenated alkanes) is 1. The highest BCUT2D eigenvalue weighted by Crippen LogP contribution is 2.40. The van der Waals surface area contributed by atoms with Crippen LogP contribution in [0.1, 0.15) is 41.3 Å². The minimum Gasteiger partial charge on any atom is -0.595 e. The second-order valence-electron chi connectivity index (χ2n) is 6.90. The summed E-state index contributed by atoms with van der Waals surface area (Å²) in [7, 11) is 1.96. The van der Waals surface area contributed by atoms with E-state index in [9.17, 15) is 15.1 Å². The van der Waals surface area contributed by atoms with Gasteiger partial charge in [-0.25, -0.2) is 5.21 Å². The Hall–Kier alpha value is -2.71. The zero-order valence-electron chi connectivity index (χ0n) is 15.9. The molecule has 28 heavy (non-hydrogen) atoms. The molecular weight excluding hydrogens is 360 g/mol. The lowest BCUT2D eigenvalue weighted by Gasteiger charge is -2.18. The monoisotopic (exact) mass is 384 g/mol. The van der Waals surface area contributed by atoms with Crippen LogP contribution in [-0.4, -0.2) is 34.6 Å². The topological polar surface area (TPSA) is 97.5 Å². The van der Waals surface area contributed by atoms with E-state index < -0.39 is 5.23 Å². The van der Waals surface area contributed by atoms with Gasteiger partial charge in [-0.1, -0.05) is 25.5 Å². The minimum atomic E-state index is -1.04. The fourth-order valence-electron chi connectivity index (χ4n) is 3.14. The number of carbonyl (C=O) groups is 1. The van der Waals surface area contributed by atoms with Crippen molar-refractivity contribution < 1.29 is 25.1 Å². The lowest BCUT2D eigenvalue weighted by molar-refractivity contribution is -0.991. The van der Waals surface area contributed by atoms with Gasteiger partial charge in [0.1, 0.15) is 11.5 Å². The zero-order chi connectivity index (χ0) is 20.3. The first-order valence-corrected chi connectivity index (χ1v) is 9.21. The Morgan fingerprint density at radius 1 is 1.29 bits per heavy atom. The molecule has 1 aliphatic heterocycles. The fraction of sp³-hybridized carbons (Fsp3) is 0.286. The number of quaternary nitrogens is 1. The third-order valence-corrected chi connectivity index (χ3v) is 4.67. The lowest BCUT2D eigenvalue weighted by atomic mass is 10.0. The van der Waals surface area contributed by atoms with Gasteiger partial charge < -0.3 is 20.0 Å². The summed E-state index contributed by atoms with van der Waals surface area (Å²) in [6.07, 6.45) is 3.63. The van der Waals surface area contributed by atoms with Crippen molar-refractivity contribution in [2.45, 2.75) is 26.3 Å². The molecule has 0 fully saturated rings. The van der Waals surface area contributed by atoms with Gasteiger partial charge in [0.25, 0.3) is 0 Å². The normalized spacial score (nSPS) is 15.8. The molecule has 0 amide bonds. The fourth-order valence-corrected chi connectivity index (χ4v) is 3.14. The van der Waals surface area contributed by atoms with Crippen LogP contribution in [0.4, 0.5) is 5.69 Å². The van der Waals surface area contributed by atoms with Crippen molar-refractivity contribution in [1.29, 1.82) is 0 Å². The number of phenolic OH excluding ortho intramolecular Hbond substituents is 1. The van der Waals surface area contributed by atoms with Gasteiger partial charge in [0.2, 0.25) is 5.78 Å². The molecule has 0 aliphatic carbocycles. The Kier molecular flexibility index (Phi) is 6.11. The van der Waals surface area contributed by atoms with Crippen LogP contribution in [-0.2, 0) is 6.54 Å². The molecule has 7 heteroatoms. The van der Waals surface area contributed by atoms with Crippen LogP contribution < -0.4 is 9.96 Å². The van der Waals surface area contributed by atoms with Crippen LogP contribution in [0.3, 0.4) is 0 Å². The summed E-state index contributed by atoms with van der Waals surface area (Å²) in [6.45, 7) is 3.45. The molecule has 1 unspecified atom stereocenters. The molecule has 2 aromatic rings. The Balaban J connectivity index is 1.90. The highest BCUT2D eigenvalue weighted by Gasteiger charge is 2.31. The maximum absolute atomic E-state index is 12.7. The number of hydrogen-bond acceptors (Lipinski definition) is 6. The summed E-state index contributed by atoms with van der Waals surface area (Å²) < 4.78 is 5.82. The van der Waals surface area contributed by atoms with Crippen molar-refractivity contribution in [1.82, 2.24) is 4.90 Å². The van der Waals surface area contributed by atoms with Crippen molar-refractivity contribution in [3.8, 4) is 11.5 Å². The Morgan fingerprint density at radius 2 is 2.07 bits per heavy atom. The van der Waals surface area contributed by atoms with Crippen LogP contribution in [0.15, 0.2) is 42.2 Å². The molecule has 0 bridgehead atoms. The number of Topliss-reactive ketones (excluding diaryl/α,β-unsaturated/α-hetero) is 1. The maximum atomic E-state index is 12.7. The summed E-state index contributed by atoms with van der Waals surface area (Å²) in [5.41, 5.74) is 1.67. The van der Waals surface area contributed by atoms with Crippen LogP contribution >= 0.6 is 0 Å². The van der Waals surface area contributed by atoms with E-state index in [0.717, 1.165) is 19.4 Å². The van der Waals surface area contributed by atoms with E-state index in [-0.39, 0.29) is 23.0 Å². The molecule has 0 radical (unpaired) electrons. The first kappa shape index (κ1) is 20.0. The number of ketones is 1. The van der Waals surface area contributed by atoms with Gasteiger partial charge in [-0.3, -0.25) is 4.79 Å². The summed E-state index contributed by atoms with van der Waals surface area (Å²) in [4.78, 5) is 14.8. The molecule has 1 heterocycles. The molecule has 1 atom stereocenters. The van der Waals surface area contributed by atoms with Gasteiger partial charge >= 0.3 is 0 Å². The molecule has 2 aromatic carbocycles. The van der Waals surface area contributed by atoms with Crippen LogP contribution in [0.2, 0.25) is 0 Å². The highest BCUT2D eigenvalue weighted by molar-refractivity contribution is 6.15. The van der Waals surface area contributed by atoms with Crippen molar-refractivity contribution >= 4 is 17.5 Å². The van der Waals surface area contributed by atoms with Crippen molar-refractivity contribution in [3.63, 3.8) is 0 Å². The van der Waals surface area contributed by atoms with Crippen LogP contribution in [0.5, 0.6) is 11.5 Å². The minimum absolute atomic E-state index is 0.0871. The second kappa shape index (κ2) is 8.53. The standard InChI is InChI=1S/C21H24N2O5/c1-3-4-10-22(2)13-17-18(24)9-8-16-20(25)19(28-21(16)17)12-14-6-5-7-15(11-14)23(26)27/h5-9,11-12,23-24,26H,3-4,10,13H2,1-2H3. The van der Waals surface area contributed by atoms with Gasteiger partial charge in [-0.05, 0) is 43.8 Å². The van der Waals surface area contributed by atoms with E-state index in [1.165, 1.54) is 24.3 Å². The van der Waals surface area contributed by atoms with Gasteiger partial charge in [-0.2, -0.15) is 5.23 Å². The van der Waals surface area contributed by atoms with E-state index in [1.807, 2.05) is 7.05 Å². The molecular formula is C21H24N2O5. The van der Waals surface area contributed by atoms with E-state index in [4.69, 9.17) is 9.94 Å². The zero-order valence-corrected chi connectivity index (χ0v) is 15.9. The molecule has 7 nitrogen and oxygen atoms in total. The molecule has 3 N–H and O–H groups in total. The van der Waals surface area contributed by atoms with E-state index in [1.54, 1.807) is 18.2 Å². The van der Waals surface area contributed by atoms with E-state index >= 15 is 0 Å². The average molecular weight is 384 g/mol. The predicted molar refractivity (Wildman–Crippen MR) is 105 cm³/mol. The number of allylic oxidation sites excluding steroid dienone is 1. The summed E-state index contributed by atoms with van der Waals surface area (Å²) in [6, 6.07) is 9.34. The molecule has 148 valence electrons. The highest BCUT2D eigenvalue weighted by atomic mass is 16.8. The van der Waals surface area contributed by atoms with Crippen molar-refractivity contribution in [3.05, 3.63) is 64.1 Å². The molecule has 0 aromatic heterocycles. The quantitative estimate of drug-likeness (QED) is 0.502. The maximum Gasteiger partial charge on any atom is 0.231 e. The smallest absolute Gasteiger partial charge is 0.231 e. The Morgan fingerprint density at radius 3 is 2.79 bits per heavy atom. The number of nitrogens with zero attached hydrogens (tertiary/aromatic N) is 1. The summed E-state index contributed by atoms with van der Waals surface area (Å²) >= 11 is 0. The number of rotatable bonds is 7. The average Bonchev–Trinajstić information content (AvgIpc) is 2.98. The number of benzene rings is 2.